The number of rotatable bonds is 11. The van der Waals surface area contributed by atoms with E-state index in [0.29, 0.717) is 5.41 Å². The van der Waals surface area contributed by atoms with Crippen LogP contribution in [-0.2, 0) is 9.47 Å². The van der Waals surface area contributed by atoms with Crippen LogP contribution in [0.2, 0.25) is 0 Å². The number of nitrogens with zero attached hydrogens (tertiary/aromatic N) is 2. The van der Waals surface area contributed by atoms with E-state index in [1.807, 2.05) is 7.05 Å². The minimum Gasteiger partial charge on any atom is -0.385 e. The topological polar surface area (TPSA) is 58.1 Å². The number of nitrogens with one attached hydrogen (secondary N) is 2. The zero-order valence-electron chi connectivity index (χ0n) is 14.8. The number of methoxy groups -OCH3 is 2. The van der Waals surface area contributed by atoms with Crippen LogP contribution >= 0.6 is 0 Å². The lowest BCUT2D eigenvalue weighted by Gasteiger charge is -2.42. The van der Waals surface area contributed by atoms with E-state index in [9.17, 15) is 0 Å². The van der Waals surface area contributed by atoms with E-state index in [0.717, 1.165) is 51.8 Å². The van der Waals surface area contributed by atoms with Gasteiger partial charge in [-0.3, -0.25) is 4.99 Å². The first kappa shape index (κ1) is 19.2. The van der Waals surface area contributed by atoms with Crippen LogP contribution in [0.4, 0.5) is 0 Å². The largest absolute Gasteiger partial charge is 0.385 e. The van der Waals surface area contributed by atoms with E-state index in [-0.39, 0.29) is 0 Å². The molecule has 0 atom stereocenters. The van der Waals surface area contributed by atoms with Crippen molar-refractivity contribution in [1.82, 2.24) is 15.5 Å². The summed E-state index contributed by atoms with van der Waals surface area (Å²) in [6.07, 6.45) is 5.05. The zero-order chi connectivity index (χ0) is 16.3. The van der Waals surface area contributed by atoms with Crippen LogP contribution in [0.25, 0.3) is 0 Å². The molecule has 2 N–H and O–H groups in total. The van der Waals surface area contributed by atoms with Crippen LogP contribution in [0.1, 0.15) is 25.7 Å². The molecule has 0 saturated heterocycles. The van der Waals surface area contributed by atoms with Gasteiger partial charge in [-0.05, 0) is 31.7 Å². The maximum absolute atomic E-state index is 5.24. The second-order valence-corrected chi connectivity index (χ2v) is 6.24. The average molecular weight is 314 g/mol. The quantitative estimate of drug-likeness (QED) is 0.439. The number of hydrogen-bond acceptors (Lipinski definition) is 4. The Bertz CT molecular complexity index is 319. The van der Waals surface area contributed by atoms with Gasteiger partial charge in [0.15, 0.2) is 5.96 Å². The van der Waals surface area contributed by atoms with Gasteiger partial charge in [0.1, 0.15) is 0 Å². The van der Waals surface area contributed by atoms with Crippen LogP contribution < -0.4 is 10.6 Å². The highest BCUT2D eigenvalue weighted by Gasteiger charge is 2.36. The molecule has 1 saturated carbocycles. The second kappa shape index (κ2) is 10.8. The Morgan fingerprint density at radius 2 is 1.86 bits per heavy atom. The molecule has 0 heterocycles. The van der Waals surface area contributed by atoms with Gasteiger partial charge in [-0.15, -0.1) is 0 Å². The fourth-order valence-corrected chi connectivity index (χ4v) is 2.73. The first-order valence-electron chi connectivity index (χ1n) is 8.27. The lowest BCUT2D eigenvalue weighted by atomic mass is 9.67. The molecule has 6 nitrogen and oxygen atoms in total. The number of guanidine groups is 1. The van der Waals surface area contributed by atoms with E-state index in [1.54, 1.807) is 14.2 Å². The van der Waals surface area contributed by atoms with Crippen molar-refractivity contribution in [2.24, 2.45) is 10.4 Å². The maximum Gasteiger partial charge on any atom is 0.191 e. The third-order valence-corrected chi connectivity index (χ3v) is 4.57. The third-order valence-electron chi connectivity index (χ3n) is 4.57. The van der Waals surface area contributed by atoms with Crippen LogP contribution in [-0.4, -0.2) is 78.6 Å². The molecule has 0 unspecified atom stereocenters. The van der Waals surface area contributed by atoms with Gasteiger partial charge in [-0.2, -0.15) is 0 Å². The summed E-state index contributed by atoms with van der Waals surface area (Å²) in [6.45, 7) is 5.40. The van der Waals surface area contributed by atoms with E-state index < -0.39 is 0 Å². The molecule has 6 heteroatoms. The molecule has 0 aliphatic heterocycles. The first-order chi connectivity index (χ1) is 10.7. The smallest absolute Gasteiger partial charge is 0.191 e. The van der Waals surface area contributed by atoms with E-state index >= 15 is 0 Å². The van der Waals surface area contributed by atoms with Crippen molar-refractivity contribution in [2.75, 3.05) is 67.7 Å². The summed E-state index contributed by atoms with van der Waals surface area (Å²) in [7, 11) is 7.44. The highest BCUT2D eigenvalue weighted by atomic mass is 16.5. The summed E-state index contributed by atoms with van der Waals surface area (Å²) in [6, 6.07) is 0. The Balaban J connectivity index is 2.22. The third kappa shape index (κ3) is 6.94. The van der Waals surface area contributed by atoms with E-state index in [4.69, 9.17) is 9.47 Å². The van der Waals surface area contributed by atoms with Crippen LogP contribution in [0, 0.1) is 5.41 Å². The fourth-order valence-electron chi connectivity index (χ4n) is 2.73. The van der Waals surface area contributed by atoms with Crippen molar-refractivity contribution in [2.45, 2.75) is 25.7 Å². The van der Waals surface area contributed by atoms with Gasteiger partial charge in [0.05, 0.1) is 6.61 Å². The Morgan fingerprint density at radius 3 is 2.41 bits per heavy atom. The molecule has 0 spiro atoms. The number of hydrogen-bond donors (Lipinski definition) is 2. The maximum atomic E-state index is 5.24. The minimum absolute atomic E-state index is 0.406. The molecule has 0 amide bonds. The molecule has 1 fully saturated rings. The van der Waals surface area contributed by atoms with Gasteiger partial charge in [0, 0.05) is 54.1 Å². The molecule has 1 aliphatic carbocycles. The highest BCUT2D eigenvalue weighted by molar-refractivity contribution is 5.79. The number of aliphatic imine (C=N–C) groups is 1. The average Bonchev–Trinajstić information content (AvgIpc) is 2.49. The van der Waals surface area contributed by atoms with Crippen molar-refractivity contribution in [3.63, 3.8) is 0 Å². The molecule has 0 aromatic carbocycles. The summed E-state index contributed by atoms with van der Waals surface area (Å²) in [5, 5.41) is 6.86. The van der Waals surface area contributed by atoms with Crippen molar-refractivity contribution >= 4 is 5.96 Å². The normalized spacial score (nSPS) is 17.4. The Morgan fingerprint density at radius 1 is 1.14 bits per heavy atom. The predicted octanol–water partition coefficient (Wildman–Crippen LogP) is 0.936. The van der Waals surface area contributed by atoms with Gasteiger partial charge in [0.2, 0.25) is 0 Å². The molecule has 22 heavy (non-hydrogen) atoms. The fraction of sp³-hybridized carbons (Fsp3) is 0.938. The van der Waals surface area contributed by atoms with Gasteiger partial charge >= 0.3 is 0 Å². The van der Waals surface area contributed by atoms with Gasteiger partial charge in [0.25, 0.3) is 0 Å². The minimum atomic E-state index is 0.406. The summed E-state index contributed by atoms with van der Waals surface area (Å²) in [5.74, 6) is 0.892. The second-order valence-electron chi connectivity index (χ2n) is 6.24. The van der Waals surface area contributed by atoms with Crippen molar-refractivity contribution in [3.05, 3.63) is 0 Å². The summed E-state index contributed by atoms with van der Waals surface area (Å²) >= 11 is 0. The van der Waals surface area contributed by atoms with Crippen LogP contribution in [0.5, 0.6) is 0 Å². The summed E-state index contributed by atoms with van der Waals surface area (Å²) < 4.78 is 10.3. The van der Waals surface area contributed by atoms with Gasteiger partial charge in [-0.25, -0.2) is 0 Å². The molecule has 130 valence electrons. The standard InChI is InChI=1S/C16H34N4O2/c1-17-15(18-9-10-20(2)11-13-22-4)19-14-16(6-5-7-16)8-12-21-3/h5-14H2,1-4H3,(H2,17,18,19). The molecule has 0 aromatic heterocycles. The zero-order valence-corrected chi connectivity index (χ0v) is 14.8. The van der Waals surface area contributed by atoms with E-state index in [1.165, 1.54) is 19.3 Å². The van der Waals surface area contributed by atoms with Gasteiger partial charge < -0.3 is 25.0 Å². The van der Waals surface area contributed by atoms with Crippen LogP contribution in [0.15, 0.2) is 4.99 Å². The molecule has 0 radical (unpaired) electrons. The van der Waals surface area contributed by atoms with Crippen molar-refractivity contribution in [3.8, 4) is 0 Å². The van der Waals surface area contributed by atoms with Crippen molar-refractivity contribution in [1.29, 1.82) is 0 Å². The molecule has 1 aliphatic rings. The lowest BCUT2D eigenvalue weighted by Crippen LogP contribution is -2.48. The Labute approximate surface area is 135 Å². The molecule has 0 bridgehead atoms. The molecule has 0 aromatic rings. The lowest BCUT2D eigenvalue weighted by molar-refractivity contribution is 0.0732. The summed E-state index contributed by atoms with van der Waals surface area (Å²) in [4.78, 5) is 6.55. The number of ether oxygens (including phenoxy) is 2. The van der Waals surface area contributed by atoms with Crippen LogP contribution in [0.3, 0.4) is 0 Å². The van der Waals surface area contributed by atoms with E-state index in [2.05, 4.69) is 27.6 Å². The number of likely N-dealkylation sites (N-methyl/N-ethyl adjacent to an activating group) is 1. The summed E-state index contributed by atoms with van der Waals surface area (Å²) in [5.41, 5.74) is 0.406. The SMILES string of the molecule is CN=C(NCCN(C)CCOC)NCC1(CCOC)CCC1. The molecular weight excluding hydrogens is 280 g/mol. The monoisotopic (exact) mass is 314 g/mol. The molecular formula is C16H34N4O2. The Kier molecular flexibility index (Phi) is 9.43. The van der Waals surface area contributed by atoms with Gasteiger partial charge in [-0.1, -0.05) is 6.42 Å². The van der Waals surface area contributed by atoms with Crippen molar-refractivity contribution < 1.29 is 9.47 Å². The molecule has 1 rings (SSSR count). The highest BCUT2D eigenvalue weighted by Crippen LogP contribution is 2.43. The Hall–Kier alpha value is -0.850. The first-order valence-corrected chi connectivity index (χ1v) is 8.27. The predicted molar refractivity (Wildman–Crippen MR) is 91.5 cm³/mol.